The van der Waals surface area contributed by atoms with Crippen molar-refractivity contribution in [2.45, 2.75) is 95.0 Å². The summed E-state index contributed by atoms with van der Waals surface area (Å²) in [4.78, 5) is 0. The van der Waals surface area contributed by atoms with E-state index < -0.39 is 0 Å². The van der Waals surface area contributed by atoms with Crippen LogP contribution in [-0.4, -0.2) is 17.0 Å². The predicted molar refractivity (Wildman–Crippen MR) is 82.8 cm³/mol. The molecule has 4 unspecified atom stereocenters. The molecule has 0 bridgehead atoms. The molecule has 0 aromatic carbocycles. The van der Waals surface area contributed by atoms with Crippen molar-refractivity contribution in [2.75, 3.05) is 0 Å². The summed E-state index contributed by atoms with van der Waals surface area (Å²) < 4.78 is 0. The highest BCUT2D eigenvalue weighted by atomic mass is 31.1. The molecule has 0 amide bonds. The number of hydrogen-bond donors (Lipinski definition) is 0. The Bertz CT molecular complexity index is 249. The highest BCUT2D eigenvalue weighted by Gasteiger charge is 2.40. The Balaban J connectivity index is 1.70. The van der Waals surface area contributed by atoms with Gasteiger partial charge < -0.3 is 0 Å². The molecule has 3 rings (SSSR count). The van der Waals surface area contributed by atoms with E-state index in [2.05, 4.69) is 13.8 Å². The molecular formula is C17H31P. The van der Waals surface area contributed by atoms with Gasteiger partial charge in [-0.25, -0.2) is 0 Å². The fourth-order valence-corrected chi connectivity index (χ4v) is 9.84. The summed E-state index contributed by atoms with van der Waals surface area (Å²) in [5, 5.41) is 0. The molecule has 0 aliphatic heterocycles. The zero-order valence-corrected chi connectivity index (χ0v) is 13.3. The van der Waals surface area contributed by atoms with Gasteiger partial charge in [-0.05, 0) is 67.3 Å². The maximum atomic E-state index is 2.50. The Morgan fingerprint density at radius 1 is 0.611 bits per heavy atom. The smallest absolute Gasteiger partial charge is 0.0202 e. The Kier molecular flexibility index (Phi) is 4.34. The third kappa shape index (κ3) is 2.79. The second-order valence-electron chi connectivity index (χ2n) is 7.53. The standard InChI is InChI=1S/C17H31P/c1-13-7-9-16(11-13)18(15-5-3-4-6-15)17-10-8-14(2)12-17/h13-17H,3-12H2,1-2H3. The highest BCUT2D eigenvalue weighted by molar-refractivity contribution is 7.60. The second-order valence-corrected chi connectivity index (χ2v) is 10.6. The SMILES string of the molecule is CC1CCC(P(C2CCCC2)C2CCC(C)C2)C1. The lowest BCUT2D eigenvalue weighted by molar-refractivity contribution is 0.607. The molecule has 0 spiro atoms. The highest BCUT2D eigenvalue weighted by Crippen LogP contribution is 2.64. The van der Waals surface area contributed by atoms with E-state index in [9.17, 15) is 0 Å². The molecule has 18 heavy (non-hydrogen) atoms. The first-order valence-corrected chi connectivity index (χ1v) is 10.1. The van der Waals surface area contributed by atoms with Gasteiger partial charge in [0.2, 0.25) is 0 Å². The van der Waals surface area contributed by atoms with E-state index >= 15 is 0 Å². The van der Waals surface area contributed by atoms with E-state index in [4.69, 9.17) is 0 Å². The second kappa shape index (κ2) is 5.82. The van der Waals surface area contributed by atoms with Crippen molar-refractivity contribution < 1.29 is 0 Å². The topological polar surface area (TPSA) is 0 Å². The van der Waals surface area contributed by atoms with Crippen LogP contribution in [0.1, 0.15) is 78.1 Å². The monoisotopic (exact) mass is 266 g/mol. The minimum absolute atomic E-state index is 0.383. The predicted octanol–water partition coefficient (Wildman–Crippen LogP) is 5.79. The molecule has 1 heteroatoms. The molecule has 3 saturated carbocycles. The van der Waals surface area contributed by atoms with Gasteiger partial charge in [-0.2, -0.15) is 0 Å². The molecule has 0 saturated heterocycles. The fraction of sp³-hybridized carbons (Fsp3) is 1.00. The molecule has 0 aromatic rings. The minimum Gasteiger partial charge on any atom is -0.0971 e. The van der Waals surface area contributed by atoms with Gasteiger partial charge in [0, 0.05) is 0 Å². The van der Waals surface area contributed by atoms with E-state index in [0.29, 0.717) is 7.92 Å². The van der Waals surface area contributed by atoms with Crippen molar-refractivity contribution in [1.82, 2.24) is 0 Å². The largest absolute Gasteiger partial charge is 0.0971 e. The van der Waals surface area contributed by atoms with Crippen molar-refractivity contribution >= 4 is 7.92 Å². The van der Waals surface area contributed by atoms with Crippen LogP contribution >= 0.6 is 7.92 Å². The molecule has 104 valence electrons. The van der Waals surface area contributed by atoms with Crippen LogP contribution in [-0.2, 0) is 0 Å². The van der Waals surface area contributed by atoms with E-state index in [0.717, 1.165) is 11.8 Å². The fourth-order valence-electron chi connectivity index (χ4n) is 4.99. The first-order valence-electron chi connectivity index (χ1n) is 8.51. The summed E-state index contributed by atoms with van der Waals surface area (Å²) in [6, 6.07) is 0. The average molecular weight is 266 g/mol. The van der Waals surface area contributed by atoms with Gasteiger partial charge in [0.25, 0.3) is 0 Å². The van der Waals surface area contributed by atoms with Crippen molar-refractivity contribution in [3.8, 4) is 0 Å². The molecule has 3 fully saturated rings. The number of rotatable bonds is 3. The normalized spacial score (nSPS) is 43.7. The summed E-state index contributed by atoms with van der Waals surface area (Å²) in [6.45, 7) is 5.00. The molecule has 0 heterocycles. The van der Waals surface area contributed by atoms with E-state index in [1.807, 2.05) is 0 Å². The lowest BCUT2D eigenvalue weighted by Crippen LogP contribution is -2.19. The lowest BCUT2D eigenvalue weighted by atomic mass is 10.1. The van der Waals surface area contributed by atoms with Gasteiger partial charge in [-0.3, -0.25) is 0 Å². The Morgan fingerprint density at radius 3 is 1.50 bits per heavy atom. The van der Waals surface area contributed by atoms with Gasteiger partial charge in [-0.15, -0.1) is 0 Å². The van der Waals surface area contributed by atoms with E-state index in [1.165, 1.54) is 17.0 Å². The maximum Gasteiger partial charge on any atom is -0.0202 e. The zero-order chi connectivity index (χ0) is 12.5. The number of hydrogen-bond acceptors (Lipinski definition) is 0. The van der Waals surface area contributed by atoms with Gasteiger partial charge in [0.05, 0.1) is 0 Å². The zero-order valence-electron chi connectivity index (χ0n) is 12.4. The summed E-state index contributed by atoms with van der Waals surface area (Å²) in [7, 11) is 0.383. The van der Waals surface area contributed by atoms with Crippen molar-refractivity contribution in [1.29, 1.82) is 0 Å². The van der Waals surface area contributed by atoms with Crippen molar-refractivity contribution in [2.24, 2.45) is 11.8 Å². The molecule has 0 radical (unpaired) electrons. The third-order valence-electron chi connectivity index (χ3n) is 5.92. The van der Waals surface area contributed by atoms with Gasteiger partial charge >= 0.3 is 0 Å². The molecule has 4 atom stereocenters. The quantitative estimate of drug-likeness (QED) is 0.567. The first-order chi connectivity index (χ1) is 8.74. The molecular weight excluding hydrogens is 235 g/mol. The third-order valence-corrected chi connectivity index (χ3v) is 9.91. The van der Waals surface area contributed by atoms with Gasteiger partial charge in [0.15, 0.2) is 0 Å². The van der Waals surface area contributed by atoms with Crippen molar-refractivity contribution in [3.05, 3.63) is 0 Å². The summed E-state index contributed by atoms with van der Waals surface area (Å²) in [5.74, 6) is 2.08. The van der Waals surface area contributed by atoms with Crippen LogP contribution in [0.4, 0.5) is 0 Å². The van der Waals surface area contributed by atoms with E-state index in [-0.39, 0.29) is 0 Å². The summed E-state index contributed by atoms with van der Waals surface area (Å²) in [6.07, 6.45) is 15.7. The first kappa shape index (κ1) is 13.4. The molecule has 0 nitrogen and oxygen atoms in total. The lowest BCUT2D eigenvalue weighted by Gasteiger charge is -2.35. The van der Waals surface area contributed by atoms with Crippen LogP contribution < -0.4 is 0 Å². The Labute approximate surface area is 115 Å². The van der Waals surface area contributed by atoms with Crippen LogP contribution in [0.3, 0.4) is 0 Å². The molecule has 0 aromatic heterocycles. The maximum absolute atomic E-state index is 2.50. The molecule has 3 aliphatic rings. The molecule has 0 N–H and O–H groups in total. The Morgan fingerprint density at radius 2 is 1.11 bits per heavy atom. The minimum atomic E-state index is 0.383. The van der Waals surface area contributed by atoms with E-state index in [1.54, 1.807) is 64.2 Å². The van der Waals surface area contributed by atoms with Crippen molar-refractivity contribution in [3.63, 3.8) is 0 Å². The summed E-state index contributed by atoms with van der Waals surface area (Å²) >= 11 is 0. The summed E-state index contributed by atoms with van der Waals surface area (Å²) in [5.41, 5.74) is 3.53. The van der Waals surface area contributed by atoms with Crippen LogP contribution in [0.5, 0.6) is 0 Å². The average Bonchev–Trinajstić information content (AvgIpc) is 3.04. The van der Waals surface area contributed by atoms with Gasteiger partial charge in [0.1, 0.15) is 0 Å². The van der Waals surface area contributed by atoms with Crippen LogP contribution in [0.15, 0.2) is 0 Å². The Hall–Kier alpha value is 0.430. The van der Waals surface area contributed by atoms with Crippen LogP contribution in [0, 0.1) is 11.8 Å². The van der Waals surface area contributed by atoms with Crippen LogP contribution in [0.25, 0.3) is 0 Å². The van der Waals surface area contributed by atoms with Crippen LogP contribution in [0.2, 0.25) is 0 Å². The molecule has 3 aliphatic carbocycles. The van der Waals surface area contributed by atoms with Gasteiger partial charge in [-0.1, -0.05) is 47.5 Å².